The maximum atomic E-state index is 11.3. The molecule has 0 heterocycles. The Morgan fingerprint density at radius 2 is 2.00 bits per heavy atom. The zero-order valence-electron chi connectivity index (χ0n) is 5.88. The monoisotopic (exact) mass is 205 g/mol. The van der Waals surface area contributed by atoms with E-state index in [0.717, 1.165) is 0 Å². The number of hydrogen-bond acceptors (Lipinski definition) is 2. The molecule has 1 unspecified atom stereocenters. The number of rotatable bonds is 4. The second kappa shape index (κ2) is 4.58. The molecule has 0 fully saturated rings. The summed E-state index contributed by atoms with van der Waals surface area (Å²) < 4.78 is 16.8. The molecule has 0 rings (SSSR count). The van der Waals surface area contributed by atoms with E-state index in [4.69, 9.17) is 28.1 Å². The van der Waals surface area contributed by atoms with Crippen molar-refractivity contribution in [2.45, 2.75) is 13.8 Å². The Morgan fingerprint density at radius 3 is 2.10 bits per heavy atom. The lowest BCUT2D eigenvalue weighted by atomic mass is 10.9. The predicted molar refractivity (Wildman–Crippen MR) is 43.3 cm³/mol. The number of nitrogens with zero attached hydrogens (tertiary/aromatic N) is 1. The van der Waals surface area contributed by atoms with Crippen LogP contribution in [0, 0.1) is 0 Å². The highest BCUT2D eigenvalue weighted by Crippen LogP contribution is 2.52. The second-order valence-electron chi connectivity index (χ2n) is 1.59. The highest BCUT2D eigenvalue weighted by molar-refractivity contribution is 7.59. The fourth-order valence-electron chi connectivity index (χ4n) is 0.444. The standard InChI is InChI=1S/C4H10Cl2NO2P/c1-3-9-10(8,4-2)7(5)6/h3-4H2,1-2H3. The van der Waals surface area contributed by atoms with Gasteiger partial charge in [-0.25, -0.2) is 0 Å². The molecule has 10 heavy (non-hydrogen) atoms. The fourth-order valence-corrected chi connectivity index (χ4v) is 2.23. The Labute approximate surface area is 71.0 Å². The Morgan fingerprint density at radius 1 is 1.50 bits per heavy atom. The van der Waals surface area contributed by atoms with E-state index in [2.05, 4.69) is 0 Å². The van der Waals surface area contributed by atoms with Gasteiger partial charge in [-0.2, -0.15) is 0 Å². The van der Waals surface area contributed by atoms with Crippen LogP contribution in [-0.2, 0) is 9.09 Å². The van der Waals surface area contributed by atoms with Gasteiger partial charge in [0, 0.05) is 29.7 Å². The summed E-state index contributed by atoms with van der Waals surface area (Å²) >= 11 is 10.5. The fraction of sp³-hybridized carbons (Fsp3) is 1.00. The topological polar surface area (TPSA) is 29.5 Å². The van der Waals surface area contributed by atoms with Crippen molar-refractivity contribution in [1.82, 2.24) is 3.71 Å². The first-order chi connectivity index (χ1) is 4.56. The van der Waals surface area contributed by atoms with Crippen molar-refractivity contribution in [3.8, 4) is 0 Å². The van der Waals surface area contributed by atoms with E-state index < -0.39 is 7.52 Å². The van der Waals surface area contributed by atoms with Crippen LogP contribution in [0.25, 0.3) is 0 Å². The average Bonchev–Trinajstić information content (AvgIpc) is 1.88. The molecule has 0 saturated carbocycles. The van der Waals surface area contributed by atoms with Crippen LogP contribution in [-0.4, -0.2) is 16.5 Å². The Kier molecular flexibility index (Phi) is 4.91. The zero-order valence-corrected chi connectivity index (χ0v) is 8.29. The molecule has 0 aromatic rings. The van der Waals surface area contributed by atoms with Gasteiger partial charge in [-0.1, -0.05) is 10.6 Å². The van der Waals surface area contributed by atoms with Crippen LogP contribution in [0.3, 0.4) is 0 Å². The molecule has 0 aliphatic heterocycles. The van der Waals surface area contributed by atoms with Crippen LogP contribution < -0.4 is 0 Å². The van der Waals surface area contributed by atoms with E-state index in [1.807, 2.05) is 0 Å². The molecule has 0 aromatic heterocycles. The summed E-state index contributed by atoms with van der Waals surface area (Å²) in [5, 5.41) is 0. The van der Waals surface area contributed by atoms with E-state index in [1.54, 1.807) is 13.8 Å². The van der Waals surface area contributed by atoms with Gasteiger partial charge in [-0.05, 0) is 6.92 Å². The van der Waals surface area contributed by atoms with Crippen LogP contribution in [0.2, 0.25) is 0 Å². The second-order valence-corrected chi connectivity index (χ2v) is 5.47. The SMILES string of the molecule is CCOP(=O)(CC)N(Cl)Cl. The zero-order chi connectivity index (χ0) is 8.20. The summed E-state index contributed by atoms with van der Waals surface area (Å²) in [6.45, 7) is 3.79. The normalized spacial score (nSPS) is 17.3. The van der Waals surface area contributed by atoms with Gasteiger partial charge in [0.25, 0.3) is 7.52 Å². The van der Waals surface area contributed by atoms with E-state index in [0.29, 0.717) is 16.5 Å². The summed E-state index contributed by atoms with van der Waals surface area (Å²) in [5.74, 6) is 0. The van der Waals surface area contributed by atoms with Crippen molar-refractivity contribution in [2.24, 2.45) is 0 Å². The molecule has 6 heteroatoms. The van der Waals surface area contributed by atoms with Gasteiger partial charge in [0.15, 0.2) is 0 Å². The van der Waals surface area contributed by atoms with Crippen LogP contribution in [0.5, 0.6) is 0 Å². The third-order valence-corrected chi connectivity index (χ3v) is 4.26. The van der Waals surface area contributed by atoms with Gasteiger partial charge in [0.05, 0.1) is 6.61 Å². The molecule has 3 nitrogen and oxygen atoms in total. The van der Waals surface area contributed by atoms with Gasteiger partial charge < -0.3 is 4.52 Å². The molecule has 1 atom stereocenters. The first-order valence-corrected chi connectivity index (χ1v) is 5.36. The maximum Gasteiger partial charge on any atom is 0.300 e. The van der Waals surface area contributed by atoms with Gasteiger partial charge >= 0.3 is 0 Å². The third kappa shape index (κ3) is 2.77. The molecule has 0 aromatic carbocycles. The number of hydrogen-bond donors (Lipinski definition) is 0. The van der Waals surface area contributed by atoms with Crippen molar-refractivity contribution in [2.75, 3.05) is 12.8 Å². The van der Waals surface area contributed by atoms with E-state index in [9.17, 15) is 4.57 Å². The first-order valence-electron chi connectivity index (χ1n) is 2.92. The Balaban J connectivity index is 4.10. The molecule has 0 bridgehead atoms. The average molecular weight is 206 g/mol. The van der Waals surface area contributed by atoms with Crippen LogP contribution in [0.15, 0.2) is 0 Å². The molecule has 0 N–H and O–H groups in total. The summed E-state index contributed by atoms with van der Waals surface area (Å²) in [6.07, 6.45) is 0.313. The van der Waals surface area contributed by atoms with Crippen LogP contribution in [0.4, 0.5) is 0 Å². The smallest absolute Gasteiger partial charge is 0.300 e. The van der Waals surface area contributed by atoms with Crippen LogP contribution >= 0.6 is 31.1 Å². The van der Waals surface area contributed by atoms with E-state index in [-0.39, 0.29) is 0 Å². The predicted octanol–water partition coefficient (Wildman–Crippen LogP) is 2.85. The molecule has 0 amide bonds. The minimum atomic E-state index is -2.91. The molecule has 0 radical (unpaired) electrons. The number of halogens is 2. The lowest BCUT2D eigenvalue weighted by Gasteiger charge is -2.16. The molecular formula is C4H10Cl2NO2P. The Hall–Kier alpha value is 0.730. The molecular weight excluding hydrogens is 196 g/mol. The summed E-state index contributed by atoms with van der Waals surface area (Å²) in [7, 11) is -2.91. The van der Waals surface area contributed by atoms with Crippen molar-refractivity contribution in [1.29, 1.82) is 0 Å². The first kappa shape index (κ1) is 10.7. The van der Waals surface area contributed by atoms with E-state index in [1.165, 1.54) is 0 Å². The van der Waals surface area contributed by atoms with Gasteiger partial charge in [0.2, 0.25) is 0 Å². The third-order valence-electron chi connectivity index (χ3n) is 0.961. The largest absolute Gasteiger partial charge is 0.316 e. The molecule has 0 saturated heterocycles. The van der Waals surface area contributed by atoms with Crippen molar-refractivity contribution in [3.63, 3.8) is 0 Å². The van der Waals surface area contributed by atoms with Crippen molar-refractivity contribution in [3.05, 3.63) is 0 Å². The minimum absolute atomic E-state index is 0.313. The summed E-state index contributed by atoms with van der Waals surface area (Å²) in [6, 6.07) is 0. The molecule has 0 aliphatic rings. The highest BCUT2D eigenvalue weighted by Gasteiger charge is 2.26. The summed E-state index contributed by atoms with van der Waals surface area (Å²) in [4.78, 5) is 0. The molecule has 0 spiro atoms. The van der Waals surface area contributed by atoms with Gasteiger partial charge in [0.1, 0.15) is 0 Å². The van der Waals surface area contributed by atoms with Crippen molar-refractivity contribution < 1.29 is 9.09 Å². The van der Waals surface area contributed by atoms with Crippen molar-refractivity contribution >= 4 is 31.1 Å². The molecule has 0 aliphatic carbocycles. The lowest BCUT2D eigenvalue weighted by molar-refractivity contribution is 0.321. The maximum absolute atomic E-state index is 11.3. The Bertz CT molecular complexity index is 141. The lowest BCUT2D eigenvalue weighted by Crippen LogP contribution is -2.01. The van der Waals surface area contributed by atoms with Gasteiger partial charge in [-0.15, -0.1) is 0 Å². The highest BCUT2D eigenvalue weighted by atomic mass is 35.5. The van der Waals surface area contributed by atoms with Crippen LogP contribution in [0.1, 0.15) is 13.8 Å². The van der Waals surface area contributed by atoms with Gasteiger partial charge in [-0.3, -0.25) is 4.57 Å². The molecule has 62 valence electrons. The quantitative estimate of drug-likeness (QED) is 0.523. The van der Waals surface area contributed by atoms with E-state index >= 15 is 0 Å². The summed E-state index contributed by atoms with van der Waals surface area (Å²) in [5.41, 5.74) is 0. The minimum Gasteiger partial charge on any atom is -0.316 e.